The lowest BCUT2D eigenvalue weighted by Gasteiger charge is -2.58. The number of carbonyl (C=O) groups excluding carboxylic acids is 3. The number of Topliss-reactive ketones (excluding diaryl/α,β-unsaturated/α-hetero) is 1. The van der Waals surface area contributed by atoms with Crippen LogP contribution in [0.2, 0.25) is 0 Å². The maximum atomic E-state index is 14.4. The second-order valence-corrected chi connectivity index (χ2v) is 19.6. The summed E-state index contributed by atoms with van der Waals surface area (Å²) in [7, 11) is 0. The van der Waals surface area contributed by atoms with Crippen molar-refractivity contribution in [1.82, 2.24) is 0 Å². The number of epoxide rings is 1. The van der Waals surface area contributed by atoms with Crippen LogP contribution in [0.15, 0.2) is 0 Å². The van der Waals surface area contributed by atoms with Crippen LogP contribution >= 0.6 is 0 Å². The molecule has 0 aromatic heterocycles. The van der Waals surface area contributed by atoms with E-state index in [9.17, 15) is 39.9 Å². The van der Waals surface area contributed by atoms with Gasteiger partial charge in [-0.2, -0.15) is 0 Å². The first-order chi connectivity index (χ1) is 27.9. The number of esters is 2. The molecule has 2 spiro atoms. The van der Waals surface area contributed by atoms with Crippen LogP contribution in [0.4, 0.5) is 0 Å². The topological polar surface area (TPSA) is 239 Å². The first-order valence-electron chi connectivity index (χ1n) is 21.8. The molecule has 22 atom stereocenters. The fourth-order valence-electron chi connectivity index (χ4n) is 13.4. The standard InChI is InChI=1S/C42H62O17/c1-18-31(46)33(48)35(50)38(54-18)57-26-17-52-37(34(49)32(26)47)58-36-19(2)53-30(14-25(36)55-20(3)43)56-23-7-9-39(4)22(13-23)6-10-41-27(39)15-28(44)40(5)24(8-11-42(40,41)59-41)21-12-29(45)51-16-21/h18-19,21-27,30-38,46-50H,6-17H2,1-5H3. The van der Waals surface area contributed by atoms with Crippen molar-refractivity contribution in [3.63, 3.8) is 0 Å². The number of fused-ring (bicyclic) bond motifs is 2. The van der Waals surface area contributed by atoms with Crippen LogP contribution in [-0.4, -0.2) is 154 Å². The summed E-state index contributed by atoms with van der Waals surface area (Å²) in [5.41, 5.74) is -1.50. The highest BCUT2D eigenvalue weighted by atomic mass is 16.8. The third kappa shape index (κ3) is 6.58. The average Bonchev–Trinajstić information content (AvgIpc) is 3.47. The molecule has 9 rings (SSSR count). The van der Waals surface area contributed by atoms with Gasteiger partial charge in [0.15, 0.2) is 18.9 Å². The Morgan fingerprint density at radius 3 is 2.25 bits per heavy atom. The first-order valence-corrected chi connectivity index (χ1v) is 21.8. The normalized spacial score (nSPS) is 55.6. The predicted octanol–water partition coefficient (Wildman–Crippen LogP) is 0.791. The van der Waals surface area contributed by atoms with Crippen LogP contribution in [0.3, 0.4) is 0 Å². The van der Waals surface area contributed by atoms with Crippen molar-refractivity contribution in [1.29, 1.82) is 0 Å². The lowest BCUT2D eigenvalue weighted by atomic mass is 9.44. The van der Waals surface area contributed by atoms with Crippen LogP contribution in [-0.2, 0) is 57.0 Å². The quantitative estimate of drug-likeness (QED) is 0.129. The minimum absolute atomic E-state index is 0.0607. The summed E-state index contributed by atoms with van der Waals surface area (Å²) in [5.74, 6) is 0.136. The van der Waals surface area contributed by atoms with Gasteiger partial charge in [0.05, 0.1) is 43.4 Å². The Morgan fingerprint density at radius 2 is 1.53 bits per heavy atom. The van der Waals surface area contributed by atoms with Crippen molar-refractivity contribution >= 4 is 17.7 Å². The molecule has 17 nitrogen and oxygen atoms in total. The van der Waals surface area contributed by atoms with Crippen molar-refractivity contribution in [3.05, 3.63) is 0 Å². The number of aliphatic hydroxyl groups excluding tert-OH is 5. The Labute approximate surface area is 343 Å². The van der Waals surface area contributed by atoms with Gasteiger partial charge in [0.2, 0.25) is 0 Å². The van der Waals surface area contributed by atoms with Gasteiger partial charge in [0, 0.05) is 31.6 Å². The average molecular weight is 839 g/mol. The Kier molecular flexibility index (Phi) is 10.9. The Balaban J connectivity index is 0.813. The van der Waals surface area contributed by atoms with Gasteiger partial charge >= 0.3 is 11.9 Å². The van der Waals surface area contributed by atoms with E-state index < -0.39 is 96.9 Å². The maximum absolute atomic E-state index is 14.4. The van der Waals surface area contributed by atoms with E-state index >= 15 is 0 Å². The molecule has 0 aromatic rings. The molecule has 5 saturated heterocycles. The second-order valence-electron chi connectivity index (χ2n) is 19.6. The number of ether oxygens (including phenoxy) is 9. The molecule has 22 unspecified atom stereocenters. The van der Waals surface area contributed by atoms with Crippen molar-refractivity contribution in [2.75, 3.05) is 13.2 Å². The number of hydrogen-bond acceptors (Lipinski definition) is 17. The van der Waals surface area contributed by atoms with Crippen LogP contribution in [0.5, 0.6) is 0 Å². The largest absolute Gasteiger partial charge is 0.465 e. The molecule has 0 amide bonds. The summed E-state index contributed by atoms with van der Waals surface area (Å²) < 4.78 is 54.1. The fraction of sp³-hybridized carbons (Fsp3) is 0.929. The minimum atomic E-state index is -1.63. The molecule has 5 N–H and O–H groups in total. The molecule has 0 bridgehead atoms. The van der Waals surface area contributed by atoms with E-state index in [1.54, 1.807) is 6.92 Å². The Morgan fingerprint density at radius 1 is 0.763 bits per heavy atom. The van der Waals surface area contributed by atoms with Crippen molar-refractivity contribution in [2.24, 2.45) is 34.5 Å². The maximum Gasteiger partial charge on any atom is 0.306 e. The summed E-state index contributed by atoms with van der Waals surface area (Å²) in [4.78, 5) is 38.8. The van der Waals surface area contributed by atoms with Crippen LogP contribution in [0, 0.1) is 34.5 Å². The lowest BCUT2D eigenvalue weighted by Crippen LogP contribution is -2.62. The summed E-state index contributed by atoms with van der Waals surface area (Å²) >= 11 is 0. The van der Waals surface area contributed by atoms with Gasteiger partial charge in [-0.25, -0.2) is 0 Å². The number of carbonyl (C=O) groups is 3. The predicted molar refractivity (Wildman–Crippen MR) is 197 cm³/mol. The minimum Gasteiger partial charge on any atom is -0.465 e. The van der Waals surface area contributed by atoms with Gasteiger partial charge < -0.3 is 68.2 Å². The Bertz CT molecular complexity index is 1650. The zero-order valence-corrected chi connectivity index (χ0v) is 34.5. The smallest absolute Gasteiger partial charge is 0.306 e. The zero-order valence-electron chi connectivity index (χ0n) is 34.5. The summed E-state index contributed by atoms with van der Waals surface area (Å²) in [5, 5.41) is 52.6. The zero-order chi connectivity index (χ0) is 42.0. The van der Waals surface area contributed by atoms with Gasteiger partial charge in [0.25, 0.3) is 0 Å². The number of aliphatic hydroxyl groups is 5. The number of rotatable bonds is 8. The molecule has 0 aromatic carbocycles. The molecule has 9 fully saturated rings. The van der Waals surface area contributed by atoms with Crippen molar-refractivity contribution < 1.29 is 82.5 Å². The van der Waals surface area contributed by atoms with Crippen LogP contribution in [0.25, 0.3) is 0 Å². The highest BCUT2D eigenvalue weighted by Crippen LogP contribution is 2.81. The summed E-state index contributed by atoms with van der Waals surface area (Å²) in [6, 6.07) is 0. The summed E-state index contributed by atoms with van der Waals surface area (Å²) in [6.45, 7) is 9.11. The molecule has 5 aliphatic heterocycles. The number of cyclic esters (lactones) is 1. The monoisotopic (exact) mass is 838 g/mol. The highest BCUT2D eigenvalue weighted by molar-refractivity contribution is 5.90. The van der Waals surface area contributed by atoms with Crippen LogP contribution in [0.1, 0.15) is 98.8 Å². The third-order valence-electron chi connectivity index (χ3n) is 16.6. The van der Waals surface area contributed by atoms with Gasteiger partial charge in [0.1, 0.15) is 65.8 Å². The van der Waals surface area contributed by atoms with Gasteiger partial charge in [-0.3, -0.25) is 14.4 Å². The lowest BCUT2D eigenvalue weighted by molar-refractivity contribution is -0.354. The molecular weight excluding hydrogens is 776 g/mol. The first kappa shape index (κ1) is 42.4. The molecule has 332 valence electrons. The van der Waals surface area contributed by atoms with Gasteiger partial charge in [-0.15, -0.1) is 0 Å². The van der Waals surface area contributed by atoms with Crippen LogP contribution < -0.4 is 0 Å². The molecule has 9 aliphatic rings. The third-order valence-corrected chi connectivity index (χ3v) is 16.6. The molecule has 5 heterocycles. The fourth-order valence-corrected chi connectivity index (χ4v) is 13.4. The van der Waals surface area contributed by atoms with Crippen molar-refractivity contribution in [2.45, 2.75) is 196 Å². The molecule has 4 aliphatic carbocycles. The van der Waals surface area contributed by atoms with E-state index in [0.29, 0.717) is 25.4 Å². The van der Waals surface area contributed by atoms with Crippen molar-refractivity contribution in [3.8, 4) is 0 Å². The Hall–Kier alpha value is -1.87. The number of hydrogen-bond donors (Lipinski definition) is 5. The van der Waals surface area contributed by atoms with E-state index in [4.69, 9.17) is 42.6 Å². The van der Waals surface area contributed by atoms with E-state index in [1.807, 2.05) is 0 Å². The van der Waals surface area contributed by atoms with E-state index in [0.717, 1.165) is 44.9 Å². The number of ketones is 1. The summed E-state index contributed by atoms with van der Waals surface area (Å²) in [6.07, 6.45) is -8.71. The SMILES string of the molecule is CC(=O)OC1CC(OC2CCC3(C)C(CCC45OC46CCC(C4COC(=O)C4)C6(C)C(=O)CC35)C2)OC(C)C1OC1OCC(OC2OC(C)C(O)C(O)C2O)C(O)C1O. The van der Waals surface area contributed by atoms with E-state index in [-0.39, 0.29) is 59.7 Å². The molecule has 59 heavy (non-hydrogen) atoms. The van der Waals surface area contributed by atoms with Gasteiger partial charge in [-0.05, 0) is 83.0 Å². The molecular formula is C42H62O17. The molecule has 17 heteroatoms. The second kappa shape index (κ2) is 15.1. The van der Waals surface area contributed by atoms with E-state index in [2.05, 4.69) is 13.8 Å². The molecule has 0 radical (unpaired) electrons. The molecule has 4 saturated carbocycles. The highest BCUT2D eigenvalue weighted by Gasteiger charge is 2.88. The van der Waals surface area contributed by atoms with E-state index in [1.165, 1.54) is 13.8 Å². The van der Waals surface area contributed by atoms with Gasteiger partial charge in [-0.1, -0.05) is 6.92 Å².